The molecule has 0 radical (unpaired) electrons. The molecule has 6 heteroatoms. The number of nitrogens with zero attached hydrogens (tertiary/aromatic N) is 3. The van der Waals surface area contributed by atoms with Crippen LogP contribution in [-0.2, 0) is 26.4 Å². The average molecular weight is 293 g/mol. The summed E-state index contributed by atoms with van der Waals surface area (Å²) in [5, 5.41) is 8.41. The number of fused-ring (bicyclic) bond motifs is 1. The van der Waals surface area contributed by atoms with Gasteiger partial charge in [-0.2, -0.15) is 5.10 Å². The molecule has 1 N–H and O–H groups in total. The lowest BCUT2D eigenvalue weighted by molar-refractivity contribution is 0.352. The van der Waals surface area contributed by atoms with Gasteiger partial charge < -0.3 is 10.1 Å². The SMILES string of the molecule is Cn1cnc(CCNCc2cc(Cl)cc3c2OCC3)n1. The number of benzene rings is 1. The van der Waals surface area contributed by atoms with Crippen LogP contribution in [0.1, 0.15) is 17.0 Å². The van der Waals surface area contributed by atoms with Gasteiger partial charge in [-0.05, 0) is 17.7 Å². The van der Waals surface area contributed by atoms with Crippen LogP contribution in [0, 0.1) is 0 Å². The molecule has 0 amide bonds. The summed E-state index contributed by atoms with van der Waals surface area (Å²) in [7, 11) is 1.87. The summed E-state index contributed by atoms with van der Waals surface area (Å²) in [5.74, 6) is 1.85. The van der Waals surface area contributed by atoms with Crippen LogP contribution >= 0.6 is 11.6 Å². The molecule has 2 heterocycles. The van der Waals surface area contributed by atoms with E-state index >= 15 is 0 Å². The molecule has 0 aliphatic carbocycles. The maximum absolute atomic E-state index is 6.13. The van der Waals surface area contributed by atoms with Gasteiger partial charge in [0, 0.05) is 43.6 Å². The van der Waals surface area contributed by atoms with Crippen molar-refractivity contribution in [1.82, 2.24) is 20.1 Å². The van der Waals surface area contributed by atoms with Crippen molar-refractivity contribution < 1.29 is 4.74 Å². The third-order valence-electron chi connectivity index (χ3n) is 3.31. The van der Waals surface area contributed by atoms with E-state index in [9.17, 15) is 0 Å². The molecule has 0 spiro atoms. The molecule has 0 saturated carbocycles. The van der Waals surface area contributed by atoms with Crippen molar-refractivity contribution in [3.63, 3.8) is 0 Å². The van der Waals surface area contributed by atoms with Crippen LogP contribution in [0.4, 0.5) is 0 Å². The van der Waals surface area contributed by atoms with Crippen molar-refractivity contribution in [3.8, 4) is 5.75 Å². The van der Waals surface area contributed by atoms with Crippen molar-refractivity contribution in [2.75, 3.05) is 13.2 Å². The third kappa shape index (κ3) is 2.94. The Kier molecular flexibility index (Phi) is 3.89. The van der Waals surface area contributed by atoms with Crippen LogP contribution in [0.3, 0.4) is 0 Å². The highest BCUT2D eigenvalue weighted by molar-refractivity contribution is 6.30. The summed E-state index contributed by atoms with van der Waals surface area (Å²) in [6, 6.07) is 3.96. The van der Waals surface area contributed by atoms with Crippen molar-refractivity contribution in [1.29, 1.82) is 0 Å². The van der Waals surface area contributed by atoms with Crippen LogP contribution in [-0.4, -0.2) is 27.9 Å². The maximum atomic E-state index is 6.13. The fraction of sp³-hybridized carbons (Fsp3) is 0.429. The largest absolute Gasteiger partial charge is 0.493 e. The Balaban J connectivity index is 1.56. The Bertz CT molecular complexity index is 611. The van der Waals surface area contributed by atoms with Gasteiger partial charge in [-0.15, -0.1) is 0 Å². The zero-order valence-electron chi connectivity index (χ0n) is 11.4. The van der Waals surface area contributed by atoms with Gasteiger partial charge in [0.15, 0.2) is 5.82 Å². The quantitative estimate of drug-likeness (QED) is 0.853. The maximum Gasteiger partial charge on any atom is 0.151 e. The molecule has 5 nitrogen and oxygen atoms in total. The Hall–Kier alpha value is -1.59. The Morgan fingerprint density at radius 2 is 2.35 bits per heavy atom. The minimum Gasteiger partial charge on any atom is -0.493 e. The molecule has 1 aromatic carbocycles. The lowest BCUT2D eigenvalue weighted by atomic mass is 10.1. The number of halogens is 1. The second-order valence-corrected chi connectivity index (χ2v) is 5.35. The van der Waals surface area contributed by atoms with Gasteiger partial charge >= 0.3 is 0 Å². The molecular weight excluding hydrogens is 276 g/mol. The lowest BCUT2D eigenvalue weighted by Crippen LogP contribution is -2.17. The fourth-order valence-electron chi connectivity index (χ4n) is 2.40. The van der Waals surface area contributed by atoms with Gasteiger partial charge in [-0.3, -0.25) is 4.68 Å². The van der Waals surface area contributed by atoms with Gasteiger partial charge in [0.25, 0.3) is 0 Å². The lowest BCUT2D eigenvalue weighted by Gasteiger charge is -2.09. The predicted octanol–water partition coefficient (Wildman–Crippen LogP) is 1.74. The molecular formula is C14H17ClN4O. The second kappa shape index (κ2) is 5.81. The van der Waals surface area contributed by atoms with E-state index in [1.807, 2.05) is 19.2 Å². The van der Waals surface area contributed by atoms with Crippen LogP contribution in [0.2, 0.25) is 5.02 Å². The number of nitrogens with one attached hydrogen (secondary N) is 1. The summed E-state index contributed by atoms with van der Waals surface area (Å²) < 4.78 is 7.39. The molecule has 2 aromatic rings. The van der Waals surface area contributed by atoms with Gasteiger partial charge in [0.2, 0.25) is 0 Å². The first kappa shape index (κ1) is 13.4. The minimum absolute atomic E-state index is 0.746. The zero-order valence-corrected chi connectivity index (χ0v) is 12.2. The number of rotatable bonds is 5. The average Bonchev–Trinajstić information content (AvgIpc) is 3.03. The van der Waals surface area contributed by atoms with Crippen molar-refractivity contribution in [2.24, 2.45) is 7.05 Å². The second-order valence-electron chi connectivity index (χ2n) is 4.91. The molecule has 1 aliphatic rings. The molecule has 1 aliphatic heterocycles. The summed E-state index contributed by atoms with van der Waals surface area (Å²) in [4.78, 5) is 4.20. The molecule has 0 unspecified atom stereocenters. The van der Waals surface area contributed by atoms with E-state index in [2.05, 4.69) is 15.4 Å². The van der Waals surface area contributed by atoms with Crippen LogP contribution < -0.4 is 10.1 Å². The van der Waals surface area contributed by atoms with E-state index in [1.54, 1.807) is 11.0 Å². The monoisotopic (exact) mass is 292 g/mol. The number of ether oxygens (including phenoxy) is 1. The molecule has 3 rings (SSSR count). The third-order valence-corrected chi connectivity index (χ3v) is 3.53. The number of aryl methyl sites for hydroxylation is 1. The van der Waals surface area contributed by atoms with Gasteiger partial charge in [-0.25, -0.2) is 4.98 Å². The van der Waals surface area contributed by atoms with Crippen molar-refractivity contribution >= 4 is 11.6 Å². The van der Waals surface area contributed by atoms with Gasteiger partial charge in [0.05, 0.1) is 6.61 Å². The zero-order chi connectivity index (χ0) is 13.9. The Morgan fingerprint density at radius 1 is 1.45 bits per heavy atom. The predicted molar refractivity (Wildman–Crippen MR) is 77.1 cm³/mol. The number of aromatic nitrogens is 3. The first-order valence-corrected chi connectivity index (χ1v) is 7.09. The van der Waals surface area contributed by atoms with Crippen LogP contribution in [0.5, 0.6) is 5.75 Å². The first-order chi connectivity index (χ1) is 9.72. The summed E-state index contributed by atoms with van der Waals surface area (Å²) in [6.45, 7) is 2.32. The van der Waals surface area contributed by atoms with E-state index < -0.39 is 0 Å². The molecule has 106 valence electrons. The Labute approximate surface area is 122 Å². The molecule has 0 saturated heterocycles. The highest BCUT2D eigenvalue weighted by Crippen LogP contribution is 2.32. The highest BCUT2D eigenvalue weighted by Gasteiger charge is 2.17. The normalized spacial score (nSPS) is 13.3. The number of hydrogen-bond acceptors (Lipinski definition) is 4. The smallest absolute Gasteiger partial charge is 0.151 e. The number of hydrogen-bond donors (Lipinski definition) is 1. The van der Waals surface area contributed by atoms with Crippen molar-refractivity contribution in [2.45, 2.75) is 19.4 Å². The standard InChI is InChI=1S/C14H17ClN4O/c1-19-9-17-13(18-19)2-4-16-8-11-7-12(15)6-10-3-5-20-14(10)11/h6-7,9,16H,2-5,8H2,1H3. The minimum atomic E-state index is 0.746. The van der Waals surface area contributed by atoms with E-state index in [-0.39, 0.29) is 0 Å². The molecule has 20 heavy (non-hydrogen) atoms. The van der Waals surface area contributed by atoms with E-state index in [4.69, 9.17) is 16.3 Å². The summed E-state index contributed by atoms with van der Waals surface area (Å²) in [6.07, 6.45) is 3.47. The van der Waals surface area contributed by atoms with Crippen LogP contribution in [0.15, 0.2) is 18.5 Å². The van der Waals surface area contributed by atoms with Gasteiger partial charge in [-0.1, -0.05) is 11.6 Å². The van der Waals surface area contributed by atoms with Crippen molar-refractivity contribution in [3.05, 3.63) is 40.4 Å². The highest BCUT2D eigenvalue weighted by atomic mass is 35.5. The van der Waals surface area contributed by atoms with E-state index in [0.717, 1.165) is 54.7 Å². The first-order valence-electron chi connectivity index (χ1n) is 6.72. The van der Waals surface area contributed by atoms with E-state index in [1.165, 1.54) is 5.56 Å². The Morgan fingerprint density at radius 3 is 3.15 bits per heavy atom. The molecule has 1 aromatic heterocycles. The topological polar surface area (TPSA) is 52.0 Å². The molecule has 0 atom stereocenters. The van der Waals surface area contributed by atoms with Crippen LogP contribution in [0.25, 0.3) is 0 Å². The summed E-state index contributed by atoms with van der Waals surface area (Å²) in [5.41, 5.74) is 2.33. The van der Waals surface area contributed by atoms with Gasteiger partial charge in [0.1, 0.15) is 12.1 Å². The fourth-order valence-corrected chi connectivity index (χ4v) is 2.66. The van der Waals surface area contributed by atoms with E-state index in [0.29, 0.717) is 0 Å². The summed E-state index contributed by atoms with van der Waals surface area (Å²) >= 11 is 6.13. The molecule has 0 bridgehead atoms. The molecule has 0 fully saturated rings.